The van der Waals surface area contributed by atoms with Crippen molar-refractivity contribution in [2.24, 2.45) is 0 Å². The first-order valence-electron chi connectivity index (χ1n) is 3.20. The van der Waals surface area contributed by atoms with Crippen LogP contribution in [0.25, 0.3) is 0 Å². The van der Waals surface area contributed by atoms with Gasteiger partial charge in [-0.2, -0.15) is 0 Å². The molecule has 1 nitrogen and oxygen atoms in total. The zero-order chi connectivity index (χ0) is 9.14. The van der Waals surface area contributed by atoms with Crippen LogP contribution >= 0.6 is 39.1 Å². The Hall–Kier alpha value is -0.0500. The van der Waals surface area contributed by atoms with Crippen LogP contribution in [0, 0.1) is 0 Å². The SMILES string of the molecule is O=C(c1ccccc1Cl)C(Cl)Br. The summed E-state index contributed by atoms with van der Waals surface area (Å²) in [5.74, 6) is -0.220. The van der Waals surface area contributed by atoms with Crippen molar-refractivity contribution in [3.8, 4) is 0 Å². The number of benzene rings is 1. The van der Waals surface area contributed by atoms with E-state index in [1.807, 2.05) is 0 Å². The zero-order valence-corrected chi connectivity index (χ0v) is 9.03. The van der Waals surface area contributed by atoms with E-state index >= 15 is 0 Å². The maximum Gasteiger partial charge on any atom is 0.192 e. The predicted molar refractivity (Wildman–Crippen MR) is 54.4 cm³/mol. The highest BCUT2D eigenvalue weighted by atomic mass is 79.9. The van der Waals surface area contributed by atoms with Crippen molar-refractivity contribution in [2.45, 2.75) is 4.29 Å². The quantitative estimate of drug-likeness (QED) is 0.592. The lowest BCUT2D eigenvalue weighted by atomic mass is 10.1. The molecule has 0 heterocycles. The second-order valence-electron chi connectivity index (χ2n) is 2.14. The smallest absolute Gasteiger partial charge is 0.192 e. The fourth-order valence-corrected chi connectivity index (χ4v) is 1.37. The summed E-state index contributed by atoms with van der Waals surface area (Å²) in [5.41, 5.74) is 0.441. The molecule has 0 aliphatic heterocycles. The van der Waals surface area contributed by atoms with Gasteiger partial charge in [0.25, 0.3) is 0 Å². The summed E-state index contributed by atoms with van der Waals surface area (Å²) in [5, 5.41) is 0.424. The monoisotopic (exact) mass is 266 g/mol. The van der Waals surface area contributed by atoms with Crippen LogP contribution in [0.3, 0.4) is 0 Å². The highest BCUT2D eigenvalue weighted by Gasteiger charge is 2.15. The molecule has 0 amide bonds. The molecule has 0 fully saturated rings. The predicted octanol–water partition coefficient (Wildman–Crippen LogP) is 3.48. The van der Waals surface area contributed by atoms with E-state index in [1.165, 1.54) is 0 Å². The molecule has 0 aliphatic carbocycles. The third kappa shape index (κ3) is 2.22. The van der Waals surface area contributed by atoms with Crippen LogP contribution in [0.5, 0.6) is 0 Å². The van der Waals surface area contributed by atoms with Gasteiger partial charge in [0.05, 0.1) is 5.02 Å². The second kappa shape index (κ2) is 4.26. The molecule has 4 heteroatoms. The summed E-state index contributed by atoms with van der Waals surface area (Å²) in [6.45, 7) is 0. The average molecular weight is 268 g/mol. The minimum absolute atomic E-state index is 0.220. The molecular weight excluding hydrogens is 263 g/mol. The van der Waals surface area contributed by atoms with E-state index in [0.29, 0.717) is 10.6 Å². The van der Waals surface area contributed by atoms with E-state index in [-0.39, 0.29) is 5.78 Å². The lowest BCUT2D eigenvalue weighted by Crippen LogP contribution is -2.07. The van der Waals surface area contributed by atoms with Crippen molar-refractivity contribution in [2.75, 3.05) is 0 Å². The normalized spacial score (nSPS) is 12.6. The van der Waals surface area contributed by atoms with Crippen LogP contribution in [-0.2, 0) is 0 Å². The maximum atomic E-state index is 11.3. The number of hydrogen-bond acceptors (Lipinski definition) is 1. The largest absolute Gasteiger partial charge is 0.291 e. The summed E-state index contributed by atoms with van der Waals surface area (Å²) in [7, 11) is 0. The molecule has 0 N–H and O–H groups in total. The van der Waals surface area contributed by atoms with Crippen LogP contribution < -0.4 is 0 Å². The van der Waals surface area contributed by atoms with Gasteiger partial charge in [-0.25, -0.2) is 0 Å². The van der Waals surface area contributed by atoms with E-state index in [1.54, 1.807) is 24.3 Å². The fraction of sp³-hybridized carbons (Fsp3) is 0.125. The van der Waals surface area contributed by atoms with Gasteiger partial charge in [-0.1, -0.05) is 39.7 Å². The van der Waals surface area contributed by atoms with Crippen molar-refractivity contribution < 1.29 is 4.79 Å². The van der Waals surface area contributed by atoms with Gasteiger partial charge in [0.15, 0.2) is 10.1 Å². The summed E-state index contributed by atoms with van der Waals surface area (Å²) in [4.78, 5) is 11.3. The lowest BCUT2D eigenvalue weighted by Gasteiger charge is -2.02. The van der Waals surface area contributed by atoms with Crippen LogP contribution in [0.1, 0.15) is 10.4 Å². The molecular formula is C8H5BrCl2O. The first kappa shape index (κ1) is 10.0. The topological polar surface area (TPSA) is 17.1 Å². The number of carbonyl (C=O) groups is 1. The van der Waals surface area contributed by atoms with E-state index in [0.717, 1.165) is 0 Å². The van der Waals surface area contributed by atoms with Gasteiger partial charge < -0.3 is 0 Å². The van der Waals surface area contributed by atoms with E-state index < -0.39 is 4.29 Å². The Morgan fingerprint density at radius 3 is 2.50 bits per heavy atom. The number of alkyl halides is 2. The van der Waals surface area contributed by atoms with Gasteiger partial charge in [-0.15, -0.1) is 11.6 Å². The second-order valence-corrected chi connectivity index (χ2v) is 4.43. The van der Waals surface area contributed by atoms with Gasteiger partial charge in [-0.05, 0) is 12.1 Å². The van der Waals surface area contributed by atoms with Crippen LogP contribution in [0.4, 0.5) is 0 Å². The standard InChI is InChI=1S/C8H5BrCl2O/c9-8(11)7(12)5-3-1-2-4-6(5)10/h1-4,8H. The third-order valence-corrected chi connectivity index (χ3v) is 2.28. The lowest BCUT2D eigenvalue weighted by molar-refractivity contribution is 0.101. The van der Waals surface area contributed by atoms with Crippen molar-refractivity contribution in [3.05, 3.63) is 34.9 Å². The molecule has 0 aliphatic rings. The molecule has 12 heavy (non-hydrogen) atoms. The Kier molecular flexibility index (Phi) is 3.56. The van der Waals surface area contributed by atoms with Crippen molar-refractivity contribution in [1.29, 1.82) is 0 Å². The molecule has 0 radical (unpaired) electrons. The van der Waals surface area contributed by atoms with Crippen LogP contribution in [0.2, 0.25) is 5.02 Å². The van der Waals surface area contributed by atoms with Crippen LogP contribution in [-0.4, -0.2) is 10.1 Å². The molecule has 64 valence electrons. The Bertz CT molecular complexity index is 299. The van der Waals surface area contributed by atoms with Crippen molar-refractivity contribution >= 4 is 44.9 Å². The number of ketones is 1. The Morgan fingerprint density at radius 1 is 1.42 bits per heavy atom. The summed E-state index contributed by atoms with van der Waals surface area (Å²) in [6, 6.07) is 6.80. The highest BCUT2D eigenvalue weighted by Crippen LogP contribution is 2.20. The van der Waals surface area contributed by atoms with E-state index in [9.17, 15) is 4.79 Å². The Balaban J connectivity index is 3.03. The molecule has 0 saturated heterocycles. The van der Waals surface area contributed by atoms with Gasteiger partial charge in [0.1, 0.15) is 0 Å². The summed E-state index contributed by atoms with van der Waals surface area (Å²) < 4.78 is -0.711. The highest BCUT2D eigenvalue weighted by molar-refractivity contribution is 9.10. The number of halogens is 3. The molecule has 1 unspecified atom stereocenters. The van der Waals surface area contributed by atoms with E-state index in [4.69, 9.17) is 23.2 Å². The molecule has 1 aromatic rings. The third-order valence-electron chi connectivity index (χ3n) is 1.34. The Morgan fingerprint density at radius 2 is 2.00 bits per heavy atom. The summed E-state index contributed by atoms with van der Waals surface area (Å²) >= 11 is 14.3. The molecule has 0 bridgehead atoms. The van der Waals surface area contributed by atoms with Crippen molar-refractivity contribution in [3.63, 3.8) is 0 Å². The molecule has 0 aromatic heterocycles. The first-order valence-corrected chi connectivity index (χ1v) is 4.93. The number of carbonyl (C=O) groups excluding carboxylic acids is 1. The molecule has 1 rings (SSSR count). The molecule has 0 spiro atoms. The maximum absolute atomic E-state index is 11.3. The molecule has 1 aromatic carbocycles. The van der Waals surface area contributed by atoms with Gasteiger partial charge in [-0.3, -0.25) is 4.79 Å². The van der Waals surface area contributed by atoms with Gasteiger partial charge >= 0.3 is 0 Å². The van der Waals surface area contributed by atoms with E-state index in [2.05, 4.69) is 15.9 Å². The first-order chi connectivity index (χ1) is 5.63. The average Bonchev–Trinajstić information content (AvgIpc) is 2.04. The minimum atomic E-state index is -0.711. The molecule has 1 atom stereocenters. The van der Waals surface area contributed by atoms with Gasteiger partial charge in [0.2, 0.25) is 0 Å². The van der Waals surface area contributed by atoms with Crippen LogP contribution in [0.15, 0.2) is 24.3 Å². The minimum Gasteiger partial charge on any atom is -0.291 e. The number of rotatable bonds is 2. The molecule has 0 saturated carbocycles. The fourth-order valence-electron chi connectivity index (χ4n) is 0.779. The number of Topliss-reactive ketones (excluding diaryl/α,β-unsaturated/α-hetero) is 1. The Labute approximate surface area is 88.8 Å². The summed E-state index contributed by atoms with van der Waals surface area (Å²) in [6.07, 6.45) is 0. The zero-order valence-electron chi connectivity index (χ0n) is 5.93. The number of hydrogen-bond donors (Lipinski definition) is 0. The van der Waals surface area contributed by atoms with Gasteiger partial charge in [0, 0.05) is 5.56 Å². The van der Waals surface area contributed by atoms with Crippen molar-refractivity contribution in [1.82, 2.24) is 0 Å².